The van der Waals surface area contributed by atoms with E-state index in [0.29, 0.717) is 6.42 Å². The highest BCUT2D eigenvalue weighted by Crippen LogP contribution is 2.55. The molecule has 1 aromatic carbocycles. The highest BCUT2D eigenvalue weighted by molar-refractivity contribution is 5.98. The number of rotatable bonds is 13. The quantitative estimate of drug-likeness (QED) is 0.168. The van der Waals surface area contributed by atoms with Crippen molar-refractivity contribution in [1.29, 1.82) is 0 Å². The van der Waals surface area contributed by atoms with Crippen LogP contribution in [-0.4, -0.2) is 103 Å². The number of aliphatic hydroxyl groups excluding tert-OH is 1. The van der Waals surface area contributed by atoms with E-state index in [-0.39, 0.29) is 18.8 Å². The number of ether oxygens (including phenoxy) is 4. The summed E-state index contributed by atoms with van der Waals surface area (Å²) in [6.45, 7) is 6.14. The third kappa shape index (κ3) is 6.30. The average Bonchev–Trinajstić information content (AvgIpc) is 3.11. The van der Waals surface area contributed by atoms with E-state index >= 15 is 0 Å². The molecule has 1 aromatic rings. The topological polar surface area (TPSA) is 235 Å². The molecule has 0 spiro atoms. The summed E-state index contributed by atoms with van der Waals surface area (Å²) >= 11 is 0. The minimum atomic E-state index is -3.86. The van der Waals surface area contributed by atoms with Crippen LogP contribution < -0.4 is 5.32 Å². The van der Waals surface area contributed by atoms with E-state index < -0.39 is 83.8 Å². The zero-order chi connectivity index (χ0) is 32.3. The lowest BCUT2D eigenvalue weighted by Crippen LogP contribution is -2.78. The van der Waals surface area contributed by atoms with Crippen molar-refractivity contribution in [3.8, 4) is 0 Å². The summed E-state index contributed by atoms with van der Waals surface area (Å²) in [6.07, 6.45) is -9.33. The van der Waals surface area contributed by atoms with Gasteiger partial charge in [0.2, 0.25) is 17.5 Å². The van der Waals surface area contributed by atoms with Crippen LogP contribution in [0, 0.1) is 5.92 Å². The Bertz CT molecular complexity index is 1220. The van der Waals surface area contributed by atoms with Crippen molar-refractivity contribution >= 4 is 30.0 Å². The molecule has 0 saturated carbocycles. The molecule has 1 amide bonds. The molecule has 43 heavy (non-hydrogen) atoms. The van der Waals surface area contributed by atoms with Crippen LogP contribution in [0.1, 0.15) is 52.5 Å². The molecule has 15 heteroatoms. The maximum atomic E-state index is 12.7. The number of hydrogen-bond donors (Lipinski definition) is 6. The Hall–Kier alpha value is -3.79. The molecular weight excluding hydrogens is 574 g/mol. The van der Waals surface area contributed by atoms with Crippen LogP contribution >= 0.6 is 0 Å². The molecule has 2 bridgehead atoms. The predicted molar refractivity (Wildman–Crippen MR) is 143 cm³/mol. The molecule has 6 N–H and O–H groups in total. The SMILES string of the molecule is CC(=O)OC(CCC[C@]12O[C@H](C(=O)O)[C@@](O)(C(=O)O)[C@](C(=O)O)(O1)[C@H](OC(=O)NC(C)C)[C@H]2O)C(C)Cc1ccccc1. The summed E-state index contributed by atoms with van der Waals surface area (Å²) < 4.78 is 21.6. The predicted octanol–water partition coefficient (Wildman–Crippen LogP) is 0.680. The molecule has 0 aliphatic carbocycles. The van der Waals surface area contributed by atoms with Gasteiger partial charge in [0.1, 0.15) is 12.2 Å². The normalized spacial score (nSPS) is 31.1. The third-order valence-corrected chi connectivity index (χ3v) is 7.61. The van der Waals surface area contributed by atoms with E-state index in [0.717, 1.165) is 5.56 Å². The van der Waals surface area contributed by atoms with Gasteiger partial charge in [0, 0.05) is 19.4 Å². The lowest BCUT2D eigenvalue weighted by molar-refractivity contribution is -0.374. The van der Waals surface area contributed by atoms with E-state index in [9.17, 15) is 49.5 Å². The molecule has 15 nitrogen and oxygen atoms in total. The Morgan fingerprint density at radius 1 is 1.02 bits per heavy atom. The first kappa shape index (κ1) is 33.7. The van der Waals surface area contributed by atoms with Crippen molar-refractivity contribution in [2.75, 3.05) is 0 Å². The monoisotopic (exact) mass is 611 g/mol. The van der Waals surface area contributed by atoms with E-state index in [4.69, 9.17) is 18.9 Å². The molecule has 0 aromatic heterocycles. The summed E-state index contributed by atoms with van der Waals surface area (Å²) in [5, 5.41) is 54.8. The van der Waals surface area contributed by atoms with Gasteiger partial charge < -0.3 is 49.8 Å². The van der Waals surface area contributed by atoms with Gasteiger partial charge in [-0.25, -0.2) is 19.2 Å². The Morgan fingerprint density at radius 2 is 1.65 bits per heavy atom. The first-order chi connectivity index (χ1) is 20.0. The summed E-state index contributed by atoms with van der Waals surface area (Å²) in [7, 11) is 0. The molecule has 8 atom stereocenters. The molecule has 2 heterocycles. The van der Waals surface area contributed by atoms with Crippen molar-refractivity contribution in [3.05, 3.63) is 35.9 Å². The number of amides is 1. The van der Waals surface area contributed by atoms with Crippen LogP contribution in [0.3, 0.4) is 0 Å². The van der Waals surface area contributed by atoms with Gasteiger partial charge in [0.05, 0.1) is 0 Å². The number of carbonyl (C=O) groups excluding carboxylic acids is 2. The van der Waals surface area contributed by atoms with Gasteiger partial charge in [-0.2, -0.15) is 0 Å². The molecule has 0 radical (unpaired) electrons. The van der Waals surface area contributed by atoms with Gasteiger partial charge in [0.15, 0.2) is 6.10 Å². The van der Waals surface area contributed by atoms with Gasteiger partial charge >= 0.3 is 30.0 Å². The van der Waals surface area contributed by atoms with E-state index in [1.165, 1.54) is 20.8 Å². The van der Waals surface area contributed by atoms with E-state index in [1.807, 2.05) is 37.3 Å². The number of aliphatic hydroxyl groups is 2. The Labute approximate surface area is 246 Å². The molecule has 2 unspecified atom stereocenters. The number of esters is 1. The largest absolute Gasteiger partial charge is 0.479 e. The van der Waals surface area contributed by atoms with E-state index in [2.05, 4.69) is 5.32 Å². The van der Waals surface area contributed by atoms with Crippen molar-refractivity contribution in [3.63, 3.8) is 0 Å². The van der Waals surface area contributed by atoms with Crippen LogP contribution in [0.25, 0.3) is 0 Å². The molecule has 3 rings (SSSR count). The molecular formula is C28H37NO14. The Morgan fingerprint density at radius 3 is 2.16 bits per heavy atom. The zero-order valence-electron chi connectivity index (χ0n) is 24.1. The lowest BCUT2D eigenvalue weighted by Gasteiger charge is -2.48. The van der Waals surface area contributed by atoms with Crippen LogP contribution in [-0.2, 0) is 44.5 Å². The molecule has 2 saturated heterocycles. The summed E-state index contributed by atoms with van der Waals surface area (Å²) in [5.74, 6) is -10.0. The second-order valence-electron chi connectivity index (χ2n) is 11.1. The smallest absolute Gasteiger partial charge is 0.407 e. The van der Waals surface area contributed by atoms with Gasteiger partial charge in [-0.3, -0.25) is 4.79 Å². The minimum absolute atomic E-state index is 0.0351. The number of carboxylic acid groups (broad SMARTS) is 3. The number of carbonyl (C=O) groups is 5. The van der Waals surface area contributed by atoms with Crippen LogP contribution in [0.5, 0.6) is 0 Å². The van der Waals surface area contributed by atoms with Crippen molar-refractivity contribution in [2.24, 2.45) is 5.92 Å². The fourth-order valence-electron chi connectivity index (χ4n) is 5.67. The second kappa shape index (κ2) is 12.8. The van der Waals surface area contributed by atoms with Gasteiger partial charge in [-0.05, 0) is 44.6 Å². The summed E-state index contributed by atoms with van der Waals surface area (Å²) in [6, 6.07) is 8.81. The summed E-state index contributed by atoms with van der Waals surface area (Å²) in [5.41, 5.74) is -6.40. The number of carboxylic acids is 3. The van der Waals surface area contributed by atoms with Crippen molar-refractivity contribution in [1.82, 2.24) is 5.32 Å². The van der Waals surface area contributed by atoms with Crippen LogP contribution in [0.4, 0.5) is 4.79 Å². The second-order valence-corrected chi connectivity index (χ2v) is 11.1. The summed E-state index contributed by atoms with van der Waals surface area (Å²) in [4.78, 5) is 61.6. The number of aliphatic carboxylic acids is 3. The maximum absolute atomic E-state index is 12.7. The van der Waals surface area contributed by atoms with Crippen LogP contribution in [0.15, 0.2) is 30.3 Å². The van der Waals surface area contributed by atoms with Crippen LogP contribution in [0.2, 0.25) is 0 Å². The van der Waals surface area contributed by atoms with E-state index in [1.54, 1.807) is 0 Å². The first-order valence-electron chi connectivity index (χ1n) is 13.7. The van der Waals surface area contributed by atoms with Crippen molar-refractivity contribution < 1.29 is 68.5 Å². The third-order valence-electron chi connectivity index (χ3n) is 7.61. The minimum Gasteiger partial charge on any atom is -0.479 e. The Kier molecular flexibility index (Phi) is 10.1. The van der Waals surface area contributed by atoms with Gasteiger partial charge in [0.25, 0.3) is 5.60 Å². The highest BCUT2D eigenvalue weighted by atomic mass is 16.8. The van der Waals surface area contributed by atoms with Gasteiger partial charge in [-0.15, -0.1) is 0 Å². The average molecular weight is 612 g/mol. The molecule has 2 aliphatic rings. The standard InChI is InChI=1S/C28H37NO14/c1-14(2)29-25(38)41-20-19(31)26(42-21(22(32)33)27(39,23(34)35)28(20,43-26)24(36)37)12-8-11-18(40-16(4)30)15(3)13-17-9-6-5-7-10-17/h5-7,9-10,14-15,18-21,31,39H,8,11-13H2,1-4H3,(H,29,38)(H,32,33)(H,34,35)(H,36,37)/t15?,18?,19-,20-,21-,26+,27-,28+/m1/s1. The van der Waals surface area contributed by atoms with Gasteiger partial charge in [-0.1, -0.05) is 37.3 Å². The number of nitrogens with one attached hydrogen (secondary N) is 1. The maximum Gasteiger partial charge on any atom is 0.407 e. The fourth-order valence-corrected chi connectivity index (χ4v) is 5.67. The fraction of sp³-hybridized carbons (Fsp3) is 0.607. The molecule has 2 fully saturated rings. The molecule has 2 aliphatic heterocycles. The molecule has 238 valence electrons. The Balaban J connectivity index is 1.98. The number of hydrogen-bond acceptors (Lipinski definition) is 11. The highest BCUT2D eigenvalue weighted by Gasteiger charge is 2.85. The number of benzene rings is 1. The number of alkyl carbamates (subject to hydrolysis) is 1. The first-order valence-corrected chi connectivity index (χ1v) is 13.7. The van der Waals surface area contributed by atoms with Crippen molar-refractivity contribution in [2.45, 2.75) is 101 Å². The number of fused-ring (bicyclic) bond motifs is 2. The zero-order valence-corrected chi connectivity index (χ0v) is 24.1. The lowest BCUT2D eigenvalue weighted by atomic mass is 9.74.